The van der Waals surface area contributed by atoms with Crippen molar-refractivity contribution in [3.8, 4) is 0 Å². The first-order valence-corrected chi connectivity index (χ1v) is 20.4. The Hall–Kier alpha value is -4.81. The van der Waals surface area contributed by atoms with E-state index in [4.69, 9.17) is 27.9 Å². The molecule has 7 atom stereocenters. The van der Waals surface area contributed by atoms with Gasteiger partial charge in [0.15, 0.2) is 24.2 Å². The summed E-state index contributed by atoms with van der Waals surface area (Å²) in [5, 5.41) is 23.2. The van der Waals surface area contributed by atoms with E-state index in [1.165, 1.54) is 6.08 Å². The summed E-state index contributed by atoms with van der Waals surface area (Å²) < 4.78 is 63.9. The van der Waals surface area contributed by atoms with E-state index in [1.807, 2.05) is 72.8 Å². The fourth-order valence-electron chi connectivity index (χ4n) is 6.90. The molecule has 2 heterocycles. The molecule has 2 N–H and O–H groups in total. The zero-order valence-corrected chi connectivity index (χ0v) is 33.1. The molecule has 15 heteroatoms. The number of rotatable bonds is 19. The van der Waals surface area contributed by atoms with Crippen molar-refractivity contribution in [2.75, 3.05) is 19.6 Å². The number of aliphatic hydroxyl groups is 2. The van der Waals surface area contributed by atoms with Crippen LogP contribution in [-0.4, -0.2) is 102 Å². The minimum atomic E-state index is -4.40. The Bertz CT molecular complexity index is 2080. The molecule has 0 saturated carbocycles. The number of amides is 3. The lowest BCUT2D eigenvalue weighted by Crippen LogP contribution is -2.73. The van der Waals surface area contributed by atoms with Crippen LogP contribution in [0.5, 0.6) is 0 Å². The third-order valence-electron chi connectivity index (χ3n) is 9.90. The van der Waals surface area contributed by atoms with Crippen LogP contribution in [0.4, 0.5) is 4.79 Å². The van der Waals surface area contributed by atoms with Crippen LogP contribution in [0.2, 0.25) is 0 Å². The molecule has 2 fully saturated rings. The lowest BCUT2D eigenvalue weighted by molar-refractivity contribution is -0.221. The van der Waals surface area contributed by atoms with Crippen molar-refractivity contribution in [3.63, 3.8) is 0 Å². The van der Waals surface area contributed by atoms with Crippen LogP contribution in [0.25, 0.3) is 0 Å². The highest BCUT2D eigenvalue weighted by atomic mass is 32.2. The summed E-state index contributed by atoms with van der Waals surface area (Å²) in [6.07, 6.45) is -6.19. The van der Waals surface area contributed by atoms with Gasteiger partial charge < -0.3 is 33.9 Å². The SMILES string of the molecule is C=C[C@@]1(OCc2ccccc2)[C@@H]([C@@H](COCc2ccccc2)OCc2ccccc2)O[C@@H](N2C(=O)N(COCc3ccccc3)C(=O)C(C)(O)C2O)[C@@H]1OS(C)(=O)=O. The van der Waals surface area contributed by atoms with Crippen LogP contribution in [0.1, 0.15) is 29.2 Å². The minimum Gasteiger partial charge on any atom is -0.376 e. The van der Waals surface area contributed by atoms with Gasteiger partial charge in [-0.2, -0.15) is 8.42 Å². The summed E-state index contributed by atoms with van der Waals surface area (Å²) in [5.41, 5.74) is -1.48. The number of urea groups is 1. The molecule has 4 aromatic carbocycles. The number of carbonyl (C=O) groups excluding carboxylic acids is 2. The Kier molecular flexibility index (Phi) is 13.9. The monoisotopic (exact) mass is 816 g/mol. The Morgan fingerprint density at radius 3 is 1.78 bits per heavy atom. The first-order chi connectivity index (χ1) is 27.8. The molecular weight excluding hydrogens is 769 g/mol. The minimum absolute atomic E-state index is 0.000724. The molecule has 0 aromatic heterocycles. The van der Waals surface area contributed by atoms with Gasteiger partial charge in [-0.15, -0.1) is 6.58 Å². The highest BCUT2D eigenvalue weighted by Crippen LogP contribution is 2.45. The van der Waals surface area contributed by atoms with Crippen LogP contribution in [0, 0.1) is 0 Å². The maximum atomic E-state index is 14.4. The zero-order chi connectivity index (χ0) is 41.3. The number of hydrogen-bond acceptors (Lipinski definition) is 12. The summed E-state index contributed by atoms with van der Waals surface area (Å²) in [5.74, 6) is -1.15. The Labute approximate surface area is 338 Å². The molecule has 3 amide bonds. The van der Waals surface area contributed by atoms with Gasteiger partial charge in [0.25, 0.3) is 16.0 Å². The van der Waals surface area contributed by atoms with Crippen LogP contribution in [0.15, 0.2) is 134 Å². The summed E-state index contributed by atoms with van der Waals surface area (Å²) in [4.78, 5) is 29.3. The Balaban J connectivity index is 1.41. The maximum Gasteiger partial charge on any atom is 0.333 e. The number of imide groups is 1. The average molecular weight is 817 g/mol. The quantitative estimate of drug-likeness (QED) is 0.101. The smallest absolute Gasteiger partial charge is 0.333 e. The van der Waals surface area contributed by atoms with Crippen molar-refractivity contribution in [2.45, 2.75) is 75.3 Å². The zero-order valence-electron chi connectivity index (χ0n) is 32.2. The second kappa shape index (κ2) is 18.8. The van der Waals surface area contributed by atoms with Crippen molar-refractivity contribution in [1.29, 1.82) is 0 Å². The van der Waals surface area contributed by atoms with Crippen LogP contribution < -0.4 is 0 Å². The molecule has 2 unspecified atom stereocenters. The highest BCUT2D eigenvalue weighted by molar-refractivity contribution is 7.86. The van der Waals surface area contributed by atoms with Gasteiger partial charge in [0.1, 0.15) is 24.5 Å². The number of hydrogen-bond donors (Lipinski definition) is 2. The third-order valence-corrected chi connectivity index (χ3v) is 10.5. The molecule has 2 saturated heterocycles. The van der Waals surface area contributed by atoms with Crippen LogP contribution >= 0.6 is 0 Å². The second-order valence-corrected chi connectivity index (χ2v) is 15.8. The number of aliphatic hydroxyl groups excluding tert-OH is 1. The molecule has 58 heavy (non-hydrogen) atoms. The van der Waals surface area contributed by atoms with Gasteiger partial charge >= 0.3 is 6.03 Å². The molecule has 0 radical (unpaired) electrons. The maximum absolute atomic E-state index is 14.4. The van der Waals surface area contributed by atoms with E-state index in [0.29, 0.717) is 15.4 Å². The lowest BCUT2D eigenvalue weighted by atomic mass is 9.87. The molecule has 0 bridgehead atoms. The van der Waals surface area contributed by atoms with Gasteiger partial charge in [-0.25, -0.2) is 9.69 Å². The standard InChI is InChI=1S/C43H48N2O12S/c1-4-43(55-28-34-23-15-8-16-24-34)36(35(54-27-33-21-13-7-14-22-33)29-52-25-31-17-9-5-10-18-31)56-38(37(43)57-58(3,50)51)45-40(47)42(2,49)39(46)44(41(45)48)30-53-26-32-19-11-6-12-20-32/h4-24,35-38,40,47,49H,1,25-30H2,2-3H3/t35-,36-,37+,38-,40?,42?,43-/m1/s1. The van der Waals surface area contributed by atoms with E-state index in [0.717, 1.165) is 29.9 Å². The second-order valence-electron chi connectivity index (χ2n) is 14.2. The van der Waals surface area contributed by atoms with Gasteiger partial charge in [-0.05, 0) is 29.2 Å². The highest BCUT2D eigenvalue weighted by Gasteiger charge is 2.67. The lowest BCUT2D eigenvalue weighted by Gasteiger charge is -2.47. The van der Waals surface area contributed by atoms with E-state index in [2.05, 4.69) is 6.58 Å². The first-order valence-electron chi connectivity index (χ1n) is 18.6. The number of ether oxygens (including phenoxy) is 5. The summed E-state index contributed by atoms with van der Waals surface area (Å²) >= 11 is 0. The first kappa shape index (κ1) is 42.8. The molecule has 2 aliphatic heterocycles. The van der Waals surface area contributed by atoms with Crippen LogP contribution in [-0.2, 0) is 69.2 Å². The molecule has 0 aliphatic carbocycles. The molecule has 6 rings (SSSR count). The summed E-state index contributed by atoms with van der Waals surface area (Å²) in [6, 6.07) is 35.5. The third kappa shape index (κ3) is 9.89. The normalized spacial score (nSPS) is 25.5. The van der Waals surface area contributed by atoms with Gasteiger partial charge in [0, 0.05) is 0 Å². The van der Waals surface area contributed by atoms with E-state index >= 15 is 0 Å². The van der Waals surface area contributed by atoms with Crippen molar-refractivity contribution in [2.24, 2.45) is 0 Å². The van der Waals surface area contributed by atoms with Gasteiger partial charge in [0.05, 0.1) is 39.3 Å². The molecule has 0 spiro atoms. The topological polar surface area (TPSA) is 171 Å². The van der Waals surface area contributed by atoms with Gasteiger partial charge in [-0.1, -0.05) is 127 Å². The van der Waals surface area contributed by atoms with E-state index in [-0.39, 0.29) is 33.0 Å². The fourth-order valence-corrected chi connectivity index (χ4v) is 7.52. The van der Waals surface area contributed by atoms with Crippen molar-refractivity contribution in [1.82, 2.24) is 9.80 Å². The van der Waals surface area contributed by atoms with Gasteiger partial charge in [0.2, 0.25) is 0 Å². The van der Waals surface area contributed by atoms with Crippen LogP contribution in [0.3, 0.4) is 0 Å². The predicted molar refractivity (Wildman–Crippen MR) is 210 cm³/mol. The number of benzene rings is 4. The molecule has 2 aliphatic rings. The van der Waals surface area contributed by atoms with E-state index < -0.39 is 70.8 Å². The largest absolute Gasteiger partial charge is 0.376 e. The molecule has 4 aromatic rings. The molecular formula is C43H48N2O12S. The van der Waals surface area contributed by atoms with Gasteiger partial charge in [-0.3, -0.25) is 13.9 Å². The summed E-state index contributed by atoms with van der Waals surface area (Å²) in [6.45, 7) is 4.41. The fraction of sp³-hybridized carbons (Fsp3) is 0.349. The van der Waals surface area contributed by atoms with Crippen molar-refractivity contribution < 1.29 is 56.1 Å². The number of carbonyl (C=O) groups is 2. The number of nitrogens with zero attached hydrogens (tertiary/aromatic N) is 2. The predicted octanol–water partition coefficient (Wildman–Crippen LogP) is 4.51. The Morgan fingerprint density at radius 2 is 1.28 bits per heavy atom. The van der Waals surface area contributed by atoms with Crippen molar-refractivity contribution in [3.05, 3.63) is 156 Å². The van der Waals surface area contributed by atoms with E-state index in [1.54, 1.807) is 48.5 Å². The Morgan fingerprint density at radius 1 is 0.793 bits per heavy atom. The average Bonchev–Trinajstić information content (AvgIpc) is 3.52. The summed E-state index contributed by atoms with van der Waals surface area (Å²) in [7, 11) is -4.40. The molecule has 14 nitrogen and oxygen atoms in total. The van der Waals surface area contributed by atoms with E-state index in [9.17, 15) is 28.2 Å². The van der Waals surface area contributed by atoms with Crippen molar-refractivity contribution >= 4 is 22.1 Å². The molecule has 308 valence electrons.